The first-order valence-corrected chi connectivity index (χ1v) is 5.93. The third-order valence-electron chi connectivity index (χ3n) is 3.17. The number of rotatable bonds is 3. The molecule has 0 heterocycles. The van der Waals surface area contributed by atoms with Gasteiger partial charge < -0.3 is 5.11 Å². The molecule has 0 saturated heterocycles. The highest BCUT2D eigenvalue weighted by atomic mass is 16.7. The first-order valence-electron chi connectivity index (χ1n) is 5.93. The van der Waals surface area contributed by atoms with E-state index >= 15 is 0 Å². The van der Waals surface area contributed by atoms with Crippen LogP contribution >= 0.6 is 0 Å². The van der Waals surface area contributed by atoms with Gasteiger partial charge in [0.1, 0.15) is 5.75 Å². The molecule has 0 bridgehead atoms. The van der Waals surface area contributed by atoms with Gasteiger partial charge in [-0.25, -0.2) is 5.48 Å². The van der Waals surface area contributed by atoms with E-state index < -0.39 is 0 Å². The Morgan fingerprint density at radius 1 is 1.41 bits per heavy atom. The summed E-state index contributed by atoms with van der Waals surface area (Å²) in [6.07, 6.45) is 4.45. The number of hydroxylamine groups is 1. The van der Waals surface area contributed by atoms with Crippen LogP contribution < -0.4 is 5.48 Å². The van der Waals surface area contributed by atoms with Crippen LogP contribution in [0, 0.1) is 6.92 Å². The van der Waals surface area contributed by atoms with Crippen molar-refractivity contribution in [3.8, 4) is 5.75 Å². The minimum absolute atomic E-state index is 0.124. The van der Waals surface area contributed by atoms with Crippen LogP contribution in [0.1, 0.15) is 41.6 Å². The minimum atomic E-state index is -0.301. The number of benzene rings is 1. The normalized spacial score (nSPS) is 16.1. The Labute approximate surface area is 101 Å². The van der Waals surface area contributed by atoms with Crippen LogP contribution in [0.2, 0.25) is 0 Å². The van der Waals surface area contributed by atoms with E-state index in [1.165, 1.54) is 0 Å². The molecule has 0 spiro atoms. The van der Waals surface area contributed by atoms with Crippen molar-refractivity contribution >= 4 is 5.91 Å². The smallest absolute Gasteiger partial charge is 0.275 e. The maximum Gasteiger partial charge on any atom is 0.275 e. The molecule has 4 nitrogen and oxygen atoms in total. The van der Waals surface area contributed by atoms with Gasteiger partial charge in [-0.3, -0.25) is 9.63 Å². The summed E-state index contributed by atoms with van der Waals surface area (Å²) in [7, 11) is 0. The van der Waals surface area contributed by atoms with Gasteiger partial charge >= 0.3 is 0 Å². The molecular formula is C13H17NO3. The van der Waals surface area contributed by atoms with Gasteiger partial charge in [-0.15, -0.1) is 0 Å². The molecule has 2 N–H and O–H groups in total. The summed E-state index contributed by atoms with van der Waals surface area (Å²) in [6.45, 7) is 1.71. The van der Waals surface area contributed by atoms with E-state index in [-0.39, 0.29) is 17.8 Å². The van der Waals surface area contributed by atoms with Crippen LogP contribution in [0.15, 0.2) is 18.2 Å². The van der Waals surface area contributed by atoms with Crippen molar-refractivity contribution in [2.24, 2.45) is 0 Å². The third-order valence-corrected chi connectivity index (χ3v) is 3.17. The predicted octanol–water partition coefficient (Wildman–Crippen LogP) is 2.30. The van der Waals surface area contributed by atoms with Crippen LogP contribution in [0.5, 0.6) is 5.75 Å². The second-order valence-electron chi connectivity index (χ2n) is 4.41. The second-order valence-corrected chi connectivity index (χ2v) is 4.41. The summed E-state index contributed by atoms with van der Waals surface area (Å²) in [5.74, 6) is -0.177. The van der Waals surface area contributed by atoms with Gasteiger partial charge in [-0.2, -0.15) is 0 Å². The highest BCUT2D eigenvalue weighted by molar-refractivity contribution is 5.95. The number of hydrogen-bond acceptors (Lipinski definition) is 3. The molecule has 4 heteroatoms. The molecule has 2 rings (SSSR count). The maximum absolute atomic E-state index is 11.8. The largest absolute Gasteiger partial charge is 0.508 e. The molecule has 0 unspecified atom stereocenters. The van der Waals surface area contributed by atoms with Gasteiger partial charge in [-0.05, 0) is 31.9 Å². The summed E-state index contributed by atoms with van der Waals surface area (Å²) in [4.78, 5) is 17.2. The number of aromatic hydroxyl groups is 1. The van der Waals surface area contributed by atoms with Crippen LogP contribution in [0.3, 0.4) is 0 Å². The molecule has 1 aromatic rings. The monoisotopic (exact) mass is 235 g/mol. The first kappa shape index (κ1) is 11.9. The van der Waals surface area contributed by atoms with Gasteiger partial charge in [-0.1, -0.05) is 18.9 Å². The molecule has 0 radical (unpaired) electrons. The van der Waals surface area contributed by atoms with E-state index in [2.05, 4.69) is 5.48 Å². The zero-order valence-electron chi connectivity index (χ0n) is 9.90. The number of hydrogen-bond donors (Lipinski definition) is 2. The molecular weight excluding hydrogens is 218 g/mol. The minimum Gasteiger partial charge on any atom is -0.508 e. The lowest BCUT2D eigenvalue weighted by atomic mass is 10.1. The number of carbonyl (C=O) groups is 1. The zero-order valence-corrected chi connectivity index (χ0v) is 9.90. The van der Waals surface area contributed by atoms with Gasteiger partial charge in [0.2, 0.25) is 0 Å². The molecule has 1 fully saturated rings. The molecule has 1 aromatic carbocycles. The average molecular weight is 235 g/mol. The Morgan fingerprint density at radius 3 is 2.82 bits per heavy atom. The Hall–Kier alpha value is -1.55. The van der Waals surface area contributed by atoms with E-state index in [1.54, 1.807) is 25.1 Å². The molecule has 92 valence electrons. The summed E-state index contributed by atoms with van der Waals surface area (Å²) in [5.41, 5.74) is 3.48. The summed E-state index contributed by atoms with van der Waals surface area (Å²) in [6, 6.07) is 4.87. The molecule has 1 amide bonds. The Bertz CT molecular complexity index is 411. The SMILES string of the molecule is Cc1c(O)cccc1C(=O)NOC1CCCC1. The van der Waals surface area contributed by atoms with Crippen molar-refractivity contribution in [1.29, 1.82) is 0 Å². The van der Waals surface area contributed by atoms with Crippen molar-refractivity contribution in [3.05, 3.63) is 29.3 Å². The van der Waals surface area contributed by atoms with E-state index in [1.807, 2.05) is 0 Å². The number of phenols is 1. The van der Waals surface area contributed by atoms with Crippen LogP contribution in [-0.2, 0) is 4.84 Å². The van der Waals surface area contributed by atoms with Gasteiger partial charge in [0.05, 0.1) is 6.10 Å². The van der Waals surface area contributed by atoms with Crippen molar-refractivity contribution in [2.45, 2.75) is 38.7 Å². The first-order chi connectivity index (χ1) is 8.18. The topological polar surface area (TPSA) is 58.6 Å². The average Bonchev–Trinajstić information content (AvgIpc) is 2.82. The summed E-state index contributed by atoms with van der Waals surface area (Å²) >= 11 is 0. The van der Waals surface area contributed by atoms with Crippen molar-refractivity contribution in [2.75, 3.05) is 0 Å². The molecule has 17 heavy (non-hydrogen) atoms. The van der Waals surface area contributed by atoms with E-state index in [9.17, 15) is 9.90 Å². The number of phenolic OH excluding ortho intramolecular Hbond substituents is 1. The Kier molecular flexibility index (Phi) is 3.64. The van der Waals surface area contributed by atoms with E-state index in [4.69, 9.17) is 4.84 Å². The van der Waals surface area contributed by atoms with Gasteiger partial charge in [0.25, 0.3) is 5.91 Å². The molecule has 0 atom stereocenters. The van der Waals surface area contributed by atoms with Crippen LogP contribution in [-0.4, -0.2) is 17.1 Å². The highest BCUT2D eigenvalue weighted by Gasteiger charge is 2.18. The number of nitrogens with one attached hydrogen (secondary N) is 1. The highest BCUT2D eigenvalue weighted by Crippen LogP contribution is 2.21. The fraction of sp³-hybridized carbons (Fsp3) is 0.462. The Balaban J connectivity index is 1.97. The predicted molar refractivity (Wildman–Crippen MR) is 63.7 cm³/mol. The van der Waals surface area contributed by atoms with E-state index in [0.29, 0.717) is 11.1 Å². The molecule has 1 saturated carbocycles. The quantitative estimate of drug-likeness (QED) is 0.790. The molecule has 1 aliphatic carbocycles. The second kappa shape index (κ2) is 5.19. The Morgan fingerprint density at radius 2 is 2.12 bits per heavy atom. The van der Waals surface area contributed by atoms with Crippen LogP contribution in [0.25, 0.3) is 0 Å². The van der Waals surface area contributed by atoms with Crippen LogP contribution in [0.4, 0.5) is 0 Å². The summed E-state index contributed by atoms with van der Waals surface area (Å²) in [5, 5.41) is 9.51. The van der Waals surface area contributed by atoms with Gasteiger partial charge in [0, 0.05) is 11.1 Å². The number of carbonyl (C=O) groups excluding carboxylic acids is 1. The van der Waals surface area contributed by atoms with Crippen molar-refractivity contribution < 1.29 is 14.7 Å². The maximum atomic E-state index is 11.8. The van der Waals surface area contributed by atoms with Crippen molar-refractivity contribution in [3.63, 3.8) is 0 Å². The number of amides is 1. The summed E-state index contributed by atoms with van der Waals surface area (Å²) < 4.78 is 0. The molecule has 0 aliphatic heterocycles. The molecule has 0 aromatic heterocycles. The van der Waals surface area contributed by atoms with Crippen molar-refractivity contribution in [1.82, 2.24) is 5.48 Å². The molecule has 1 aliphatic rings. The lowest BCUT2D eigenvalue weighted by Crippen LogP contribution is -2.28. The lowest BCUT2D eigenvalue weighted by molar-refractivity contribution is -0.0125. The van der Waals surface area contributed by atoms with E-state index in [0.717, 1.165) is 25.7 Å². The van der Waals surface area contributed by atoms with Gasteiger partial charge in [0.15, 0.2) is 0 Å². The third kappa shape index (κ3) is 2.77. The standard InChI is InChI=1S/C13H17NO3/c1-9-11(7-4-8-12(9)15)13(16)14-17-10-5-2-3-6-10/h4,7-8,10,15H,2-3,5-6H2,1H3,(H,14,16). The fourth-order valence-corrected chi connectivity index (χ4v) is 2.07. The fourth-order valence-electron chi connectivity index (χ4n) is 2.07. The zero-order chi connectivity index (χ0) is 12.3. The lowest BCUT2D eigenvalue weighted by Gasteiger charge is -2.12.